The number of phenols is 1. The van der Waals surface area contributed by atoms with Crippen LogP contribution in [0.1, 0.15) is 39.4 Å². The highest BCUT2D eigenvalue weighted by molar-refractivity contribution is 9.10. The molecular weight excluding hydrogens is 542 g/mol. The summed E-state index contributed by atoms with van der Waals surface area (Å²) >= 11 is 3.38. The van der Waals surface area contributed by atoms with Crippen LogP contribution < -0.4 is 4.90 Å². The van der Waals surface area contributed by atoms with Crippen LogP contribution in [0.4, 0.5) is 5.69 Å². The number of hydrogen-bond acceptors (Lipinski definition) is 7. The lowest BCUT2D eigenvalue weighted by Gasteiger charge is -2.27. The number of carbonyl (C=O) groups excluding carboxylic acids is 3. The molecule has 0 spiro atoms. The largest absolute Gasteiger partial charge is 0.508 e. The number of ether oxygens (including phenoxy) is 1. The van der Waals surface area contributed by atoms with Gasteiger partial charge in [0.15, 0.2) is 11.5 Å². The zero-order valence-electron chi connectivity index (χ0n) is 19.5. The van der Waals surface area contributed by atoms with E-state index in [0.717, 1.165) is 4.47 Å². The second kappa shape index (κ2) is 9.59. The van der Waals surface area contributed by atoms with E-state index in [0.29, 0.717) is 16.5 Å². The molecule has 1 atom stereocenters. The lowest BCUT2D eigenvalue weighted by molar-refractivity contribution is -0.117. The summed E-state index contributed by atoms with van der Waals surface area (Å²) in [5.74, 6) is -2.99. The minimum atomic E-state index is -1.11. The number of hydrogen-bond donors (Lipinski definition) is 2. The zero-order valence-corrected chi connectivity index (χ0v) is 21.1. The van der Waals surface area contributed by atoms with E-state index in [1.54, 1.807) is 49.4 Å². The molecule has 1 unspecified atom stereocenters. The molecule has 1 aliphatic heterocycles. The van der Waals surface area contributed by atoms with E-state index in [2.05, 4.69) is 15.9 Å². The highest BCUT2D eigenvalue weighted by atomic mass is 79.9. The number of ketones is 1. The van der Waals surface area contributed by atoms with Crippen molar-refractivity contribution in [2.24, 2.45) is 0 Å². The fourth-order valence-electron chi connectivity index (χ4n) is 4.37. The summed E-state index contributed by atoms with van der Waals surface area (Å²) < 4.78 is 11.6. The van der Waals surface area contributed by atoms with Crippen molar-refractivity contribution in [3.05, 3.63) is 105 Å². The van der Waals surface area contributed by atoms with Gasteiger partial charge in [0, 0.05) is 15.5 Å². The fourth-order valence-corrected chi connectivity index (χ4v) is 4.75. The number of benzene rings is 3. The minimum Gasteiger partial charge on any atom is -0.508 e. The fraction of sp³-hybridized carbons (Fsp3) is 0.107. The van der Waals surface area contributed by atoms with Crippen LogP contribution in [0.3, 0.4) is 0 Å². The van der Waals surface area contributed by atoms with E-state index in [1.165, 1.54) is 35.2 Å². The van der Waals surface area contributed by atoms with Crippen LogP contribution in [0.5, 0.6) is 5.75 Å². The Morgan fingerprint density at radius 1 is 1.03 bits per heavy atom. The van der Waals surface area contributed by atoms with Crippen LogP contribution >= 0.6 is 15.9 Å². The predicted molar refractivity (Wildman–Crippen MR) is 139 cm³/mol. The van der Waals surface area contributed by atoms with Gasteiger partial charge >= 0.3 is 5.97 Å². The van der Waals surface area contributed by atoms with Crippen LogP contribution in [0.15, 0.2) is 93.0 Å². The summed E-state index contributed by atoms with van der Waals surface area (Å²) in [4.78, 5) is 40.7. The number of fused-ring (bicyclic) bond motifs is 1. The van der Waals surface area contributed by atoms with Gasteiger partial charge in [-0.1, -0.05) is 34.1 Å². The number of esters is 1. The average Bonchev–Trinajstić information content (AvgIpc) is 3.42. The first-order valence-electron chi connectivity index (χ1n) is 11.3. The topological polar surface area (TPSA) is 117 Å². The number of furan rings is 1. The Morgan fingerprint density at radius 3 is 2.57 bits per heavy atom. The van der Waals surface area contributed by atoms with E-state index in [9.17, 15) is 24.6 Å². The quantitative estimate of drug-likeness (QED) is 0.223. The molecule has 0 fully saturated rings. The van der Waals surface area contributed by atoms with Gasteiger partial charge in [0.2, 0.25) is 5.78 Å². The first-order chi connectivity index (χ1) is 17.8. The Labute approximate surface area is 219 Å². The van der Waals surface area contributed by atoms with Gasteiger partial charge in [0.25, 0.3) is 5.91 Å². The lowest BCUT2D eigenvalue weighted by atomic mass is 9.94. The maximum atomic E-state index is 13.7. The van der Waals surface area contributed by atoms with Crippen molar-refractivity contribution in [2.75, 3.05) is 11.5 Å². The summed E-state index contributed by atoms with van der Waals surface area (Å²) in [6, 6.07) is 17.9. The third-order valence-corrected chi connectivity index (χ3v) is 6.47. The van der Waals surface area contributed by atoms with Crippen molar-refractivity contribution in [1.29, 1.82) is 0 Å². The second-order valence-corrected chi connectivity index (χ2v) is 9.24. The summed E-state index contributed by atoms with van der Waals surface area (Å²) in [7, 11) is 0. The van der Waals surface area contributed by atoms with Crippen molar-refractivity contribution >= 4 is 50.2 Å². The Hall–Kier alpha value is -4.37. The maximum Gasteiger partial charge on any atom is 0.338 e. The number of amides is 1. The Balaban J connectivity index is 1.64. The average molecular weight is 562 g/mol. The Morgan fingerprint density at radius 2 is 1.81 bits per heavy atom. The molecule has 0 aliphatic carbocycles. The Kier molecular flexibility index (Phi) is 6.31. The van der Waals surface area contributed by atoms with Gasteiger partial charge in [0.1, 0.15) is 11.3 Å². The number of Topliss-reactive ketones (excluding diaryl/α,β-unsaturated/α-hetero) is 1. The van der Waals surface area contributed by atoms with Crippen molar-refractivity contribution < 1.29 is 33.8 Å². The molecular formula is C28H20BrNO7. The van der Waals surface area contributed by atoms with Crippen LogP contribution in [-0.4, -0.2) is 34.5 Å². The molecule has 0 saturated heterocycles. The van der Waals surface area contributed by atoms with Crippen molar-refractivity contribution in [3.63, 3.8) is 0 Å². The third kappa shape index (κ3) is 4.38. The van der Waals surface area contributed by atoms with Crippen LogP contribution in [0, 0.1) is 0 Å². The minimum absolute atomic E-state index is 0.0604. The van der Waals surface area contributed by atoms with Crippen LogP contribution in [0.2, 0.25) is 0 Å². The zero-order chi connectivity index (χ0) is 26.3. The van der Waals surface area contributed by atoms with Gasteiger partial charge in [-0.3, -0.25) is 14.5 Å². The molecule has 3 aromatic carbocycles. The maximum absolute atomic E-state index is 13.7. The monoisotopic (exact) mass is 561 g/mol. The molecule has 4 aromatic rings. The molecule has 5 rings (SSSR count). The van der Waals surface area contributed by atoms with E-state index < -0.39 is 29.5 Å². The standard InChI is InChI=1S/C28H20BrNO7/c1-2-36-28(35)16-6-3-7-19(12-16)30-24(15-5-4-8-20(31)13-15)23(26(33)27(30)34)25(32)22-14-17-11-18(29)9-10-21(17)37-22/h3-14,24,31,33H,2H2,1H3. The van der Waals surface area contributed by atoms with Gasteiger partial charge < -0.3 is 19.4 Å². The number of carbonyl (C=O) groups is 3. The summed E-state index contributed by atoms with van der Waals surface area (Å²) in [5.41, 5.74) is 1.08. The molecule has 37 heavy (non-hydrogen) atoms. The first kappa shape index (κ1) is 24.3. The van der Waals surface area contributed by atoms with E-state index in [-0.39, 0.29) is 34.9 Å². The summed E-state index contributed by atoms with van der Waals surface area (Å²) in [6.07, 6.45) is 0. The van der Waals surface area contributed by atoms with E-state index in [1.807, 2.05) is 0 Å². The number of phenolic OH excluding ortho intramolecular Hbond substituents is 1. The molecule has 0 bridgehead atoms. The number of aliphatic hydroxyl groups excluding tert-OH is 1. The van der Waals surface area contributed by atoms with Crippen LogP contribution in [0.25, 0.3) is 11.0 Å². The molecule has 1 aromatic heterocycles. The summed E-state index contributed by atoms with van der Waals surface area (Å²) in [5, 5.41) is 21.8. The van der Waals surface area contributed by atoms with Gasteiger partial charge in [0.05, 0.1) is 23.8 Å². The highest BCUT2D eigenvalue weighted by Crippen LogP contribution is 2.43. The number of rotatable bonds is 6. The Bertz CT molecular complexity index is 1600. The molecule has 0 saturated carbocycles. The normalized spacial score (nSPS) is 15.5. The number of aromatic hydroxyl groups is 1. The second-order valence-electron chi connectivity index (χ2n) is 8.33. The number of halogens is 1. The lowest BCUT2D eigenvalue weighted by Crippen LogP contribution is -2.31. The van der Waals surface area contributed by atoms with Gasteiger partial charge in [-0.25, -0.2) is 4.79 Å². The smallest absolute Gasteiger partial charge is 0.338 e. The highest BCUT2D eigenvalue weighted by Gasteiger charge is 2.45. The molecule has 186 valence electrons. The molecule has 2 N–H and O–H groups in total. The van der Waals surface area contributed by atoms with E-state index >= 15 is 0 Å². The number of aliphatic hydroxyl groups is 1. The number of anilines is 1. The molecule has 0 radical (unpaired) electrons. The van der Waals surface area contributed by atoms with Crippen molar-refractivity contribution in [1.82, 2.24) is 0 Å². The van der Waals surface area contributed by atoms with Gasteiger partial charge in [-0.15, -0.1) is 0 Å². The summed E-state index contributed by atoms with van der Waals surface area (Å²) in [6.45, 7) is 1.85. The third-order valence-electron chi connectivity index (χ3n) is 5.98. The molecule has 9 heteroatoms. The first-order valence-corrected chi connectivity index (χ1v) is 12.1. The van der Waals surface area contributed by atoms with Crippen molar-refractivity contribution in [2.45, 2.75) is 13.0 Å². The van der Waals surface area contributed by atoms with Gasteiger partial charge in [-0.05, 0) is 67.1 Å². The SMILES string of the molecule is CCOC(=O)c1cccc(N2C(=O)C(O)=C(C(=O)c3cc4cc(Br)ccc4o3)C2c2cccc(O)c2)c1. The van der Waals surface area contributed by atoms with E-state index in [4.69, 9.17) is 9.15 Å². The van der Waals surface area contributed by atoms with Crippen molar-refractivity contribution in [3.8, 4) is 5.75 Å². The van der Waals surface area contributed by atoms with Crippen LogP contribution in [-0.2, 0) is 9.53 Å². The molecule has 2 heterocycles. The number of nitrogens with zero attached hydrogens (tertiary/aromatic N) is 1. The predicted octanol–water partition coefficient (Wildman–Crippen LogP) is 5.86. The molecule has 1 amide bonds. The molecule has 8 nitrogen and oxygen atoms in total. The molecule has 1 aliphatic rings. The van der Waals surface area contributed by atoms with Gasteiger partial charge in [-0.2, -0.15) is 0 Å².